The number of fused-ring (bicyclic) bond motifs is 2. The fourth-order valence-corrected chi connectivity index (χ4v) is 7.91. The van der Waals surface area contributed by atoms with Gasteiger partial charge in [0.2, 0.25) is 11.8 Å². The summed E-state index contributed by atoms with van der Waals surface area (Å²) < 4.78 is 0. The van der Waals surface area contributed by atoms with Gasteiger partial charge in [-0.05, 0) is 95.1 Å². The third-order valence-corrected chi connectivity index (χ3v) is 11.1. The van der Waals surface area contributed by atoms with Crippen LogP contribution in [0.1, 0.15) is 72.1 Å². The molecule has 0 heterocycles. The van der Waals surface area contributed by atoms with Crippen LogP contribution in [-0.4, -0.2) is 73.0 Å². The van der Waals surface area contributed by atoms with Gasteiger partial charge in [0, 0.05) is 45.1 Å². The largest absolute Gasteiger partial charge is 2.00 e. The number of benzene rings is 6. The Labute approximate surface area is 372 Å². The van der Waals surface area contributed by atoms with Gasteiger partial charge in [0.1, 0.15) is 0 Å². The molecule has 6 aromatic rings. The van der Waals surface area contributed by atoms with Crippen molar-refractivity contribution in [3.63, 3.8) is 0 Å². The van der Waals surface area contributed by atoms with Crippen molar-refractivity contribution in [3.8, 4) is 0 Å². The van der Waals surface area contributed by atoms with Crippen LogP contribution in [0.2, 0.25) is 0 Å². The van der Waals surface area contributed by atoms with Crippen LogP contribution in [0.4, 0.5) is 11.4 Å². The van der Waals surface area contributed by atoms with Crippen molar-refractivity contribution in [3.05, 3.63) is 145 Å². The molecule has 2 N–H and O–H groups in total. The molecule has 288 valence electrons. The minimum atomic E-state index is -1.29. The molecule has 6 rings (SSSR count). The van der Waals surface area contributed by atoms with Crippen molar-refractivity contribution in [1.29, 1.82) is 0 Å². The fourth-order valence-electron chi connectivity index (χ4n) is 5.99. The number of anilines is 2. The Kier molecular flexibility index (Phi) is 19.5. The van der Waals surface area contributed by atoms with Crippen LogP contribution in [0.3, 0.4) is 0 Å². The Morgan fingerprint density at radius 3 is 1.21 bits per heavy atom. The number of para-hydroxylation sites is 2. The summed E-state index contributed by atoms with van der Waals surface area (Å²) in [6.07, 6.45) is 6.27. The van der Waals surface area contributed by atoms with Crippen LogP contribution >= 0.6 is 23.5 Å². The van der Waals surface area contributed by atoms with Crippen molar-refractivity contribution in [2.45, 2.75) is 61.2 Å². The number of thioether (sulfide) groups is 2. The standard InChI is InChI=1S/2C23H23NO3S.Ca/c2*25-22(24-21-11-6-5-10-20(21)23(26)27)12-2-1-7-15-28-19-14-13-17-8-3-4-9-18(17)16-19;/h2*3-6,8-11,13-14,16H,1-2,7,12,15H2,(H,24,25)(H,26,27);/q;;+2/p-2. The number of nitrogens with one attached hydrogen (secondary N) is 2. The molecule has 0 saturated carbocycles. The van der Waals surface area contributed by atoms with Gasteiger partial charge in [-0.25, -0.2) is 0 Å². The van der Waals surface area contributed by atoms with Crippen molar-refractivity contribution < 1.29 is 29.4 Å². The molecule has 0 spiro atoms. The second-order valence-electron chi connectivity index (χ2n) is 13.1. The Bertz CT molecular complexity index is 2110. The molecule has 0 aromatic heterocycles. The number of carboxylic acids is 2. The monoisotopic (exact) mass is 824 g/mol. The van der Waals surface area contributed by atoms with Gasteiger partial charge in [-0.15, -0.1) is 23.5 Å². The van der Waals surface area contributed by atoms with Crippen LogP contribution in [0, 0.1) is 0 Å². The van der Waals surface area contributed by atoms with Crippen molar-refractivity contribution in [2.24, 2.45) is 0 Å². The molecule has 0 aliphatic carbocycles. The Hall–Kier alpha value is -4.32. The molecule has 11 heteroatoms. The second-order valence-corrected chi connectivity index (χ2v) is 15.4. The first kappa shape index (κ1) is 45.4. The van der Waals surface area contributed by atoms with E-state index in [2.05, 4.69) is 71.3 Å². The molecule has 0 aliphatic heterocycles. The minimum absolute atomic E-state index is 0. The van der Waals surface area contributed by atoms with Gasteiger partial charge in [-0.3, -0.25) is 9.59 Å². The normalized spacial score (nSPS) is 10.5. The number of carbonyl (C=O) groups excluding carboxylic acids is 4. The van der Waals surface area contributed by atoms with Crippen LogP contribution in [0.15, 0.2) is 143 Å². The second kappa shape index (κ2) is 24.5. The summed E-state index contributed by atoms with van der Waals surface area (Å²) in [6, 6.07) is 42.2. The topological polar surface area (TPSA) is 138 Å². The van der Waals surface area contributed by atoms with Crippen LogP contribution in [0.25, 0.3) is 21.5 Å². The molecule has 2 amide bonds. The fraction of sp³-hybridized carbons (Fsp3) is 0.217. The number of hydrogen-bond acceptors (Lipinski definition) is 8. The van der Waals surface area contributed by atoms with Gasteiger partial charge in [-0.1, -0.05) is 110 Å². The maximum atomic E-state index is 12.0. The number of carboxylic acid groups (broad SMARTS) is 2. The average molecular weight is 825 g/mol. The molecule has 57 heavy (non-hydrogen) atoms. The molecular weight excluding hydrogens is 781 g/mol. The predicted octanol–water partition coefficient (Wildman–Crippen LogP) is 8.61. The molecule has 0 radical (unpaired) electrons. The quantitative estimate of drug-likeness (QED) is 0.0500. The van der Waals surface area contributed by atoms with Gasteiger partial charge < -0.3 is 30.4 Å². The first-order valence-corrected chi connectivity index (χ1v) is 20.7. The Morgan fingerprint density at radius 2 is 0.807 bits per heavy atom. The molecule has 0 unspecified atom stereocenters. The predicted molar refractivity (Wildman–Crippen MR) is 231 cm³/mol. The molecule has 0 saturated heterocycles. The van der Waals surface area contributed by atoms with Gasteiger partial charge in [-0.2, -0.15) is 0 Å². The van der Waals surface area contributed by atoms with Gasteiger partial charge in [0.15, 0.2) is 0 Å². The number of rotatable bonds is 18. The van der Waals surface area contributed by atoms with E-state index >= 15 is 0 Å². The zero-order valence-corrected chi connectivity index (χ0v) is 35.6. The van der Waals surface area contributed by atoms with E-state index in [4.69, 9.17) is 0 Å². The number of hydrogen-bond donors (Lipinski definition) is 2. The van der Waals surface area contributed by atoms with Gasteiger partial charge in [0.25, 0.3) is 0 Å². The SMILES string of the molecule is O=C(CCCCCSc1ccc2ccccc2c1)Nc1ccccc1C(=O)[O-].O=C(CCCCCSc1ccc2ccccc2c1)Nc1ccccc1C(=O)[O-].[Ca+2]. The zero-order valence-electron chi connectivity index (χ0n) is 31.7. The summed E-state index contributed by atoms with van der Waals surface area (Å²) >= 11 is 3.66. The minimum Gasteiger partial charge on any atom is -0.545 e. The maximum absolute atomic E-state index is 12.0. The molecule has 0 bridgehead atoms. The van der Waals surface area contributed by atoms with E-state index < -0.39 is 11.9 Å². The molecule has 0 aliphatic rings. The van der Waals surface area contributed by atoms with E-state index in [1.807, 2.05) is 47.8 Å². The summed E-state index contributed by atoms with van der Waals surface area (Å²) in [7, 11) is 0. The number of amides is 2. The van der Waals surface area contributed by atoms with E-state index in [0.717, 1.165) is 50.0 Å². The third kappa shape index (κ3) is 15.2. The molecule has 8 nitrogen and oxygen atoms in total. The Morgan fingerprint density at radius 1 is 0.439 bits per heavy atom. The van der Waals surface area contributed by atoms with Gasteiger partial charge in [0.05, 0.1) is 11.9 Å². The summed E-state index contributed by atoms with van der Waals surface area (Å²) in [4.78, 5) is 48.7. The maximum Gasteiger partial charge on any atom is 2.00 e. The zero-order chi connectivity index (χ0) is 39.5. The first-order chi connectivity index (χ1) is 27.3. The summed E-state index contributed by atoms with van der Waals surface area (Å²) in [5, 5.41) is 32.4. The smallest absolute Gasteiger partial charge is 0.545 e. The van der Waals surface area contributed by atoms with Crippen LogP contribution in [0.5, 0.6) is 0 Å². The number of unbranched alkanes of at least 4 members (excludes halogenated alkanes) is 4. The molecule has 0 fully saturated rings. The molecule has 6 aromatic carbocycles. The van der Waals surface area contributed by atoms with Crippen molar-refractivity contribution >= 4 is 118 Å². The van der Waals surface area contributed by atoms with Gasteiger partial charge >= 0.3 is 37.7 Å². The summed E-state index contributed by atoms with van der Waals surface area (Å²) in [6.45, 7) is 0. The van der Waals surface area contributed by atoms with E-state index in [1.54, 1.807) is 36.4 Å². The number of aromatic carboxylic acids is 2. The van der Waals surface area contributed by atoms with Crippen molar-refractivity contribution in [2.75, 3.05) is 22.1 Å². The summed E-state index contributed by atoms with van der Waals surface area (Å²) in [5.41, 5.74) is 0.587. The van der Waals surface area contributed by atoms with Crippen LogP contribution < -0.4 is 20.8 Å². The first-order valence-electron chi connectivity index (χ1n) is 18.7. The number of carbonyl (C=O) groups is 4. The van der Waals surface area contributed by atoms with Crippen molar-refractivity contribution in [1.82, 2.24) is 0 Å². The molecular formula is C46H44CaN2O6S2. The van der Waals surface area contributed by atoms with E-state index in [0.29, 0.717) is 24.2 Å². The Balaban J connectivity index is 0.000000248. The van der Waals surface area contributed by atoms with E-state index in [-0.39, 0.29) is 60.7 Å². The van der Waals surface area contributed by atoms with Crippen LogP contribution in [-0.2, 0) is 9.59 Å². The molecule has 0 atom stereocenters. The third-order valence-electron chi connectivity index (χ3n) is 8.92. The average Bonchev–Trinajstić information content (AvgIpc) is 3.21. The van der Waals surface area contributed by atoms with E-state index in [9.17, 15) is 29.4 Å². The summed E-state index contributed by atoms with van der Waals surface area (Å²) in [5.74, 6) is -0.906. The van der Waals surface area contributed by atoms with E-state index in [1.165, 1.54) is 43.5 Å².